The fourth-order valence-electron chi connectivity index (χ4n) is 8.46. The van der Waals surface area contributed by atoms with Gasteiger partial charge >= 0.3 is 0 Å². The van der Waals surface area contributed by atoms with E-state index in [0.717, 1.165) is 53.7 Å². The molecule has 0 unspecified atom stereocenters. The SMILES string of the molecule is C=CC[C@H](O[Si](CC)(CC)CC)C(C)(C)C(=O)[C@H](C)[C@@H](O[Si](C)(C)C(C)(C)C)[C@@H](C)CCC[C@@]1(C)OC(C)(C)O[C@@H]1C[C@H](O[Si](C)(C)C(C)(C)C)/C(C)=C/c1csc(C)n1. The first-order valence-corrected chi connectivity index (χ1v) is 32.6. The number of hydrogen-bond acceptors (Lipinski definition) is 8. The van der Waals surface area contributed by atoms with Gasteiger partial charge in [0.2, 0.25) is 0 Å². The lowest BCUT2D eigenvalue weighted by Gasteiger charge is -2.45. The van der Waals surface area contributed by atoms with Crippen molar-refractivity contribution in [3.63, 3.8) is 0 Å². The van der Waals surface area contributed by atoms with Crippen LogP contribution in [0, 0.1) is 24.2 Å². The van der Waals surface area contributed by atoms with E-state index < -0.39 is 41.8 Å². The third kappa shape index (κ3) is 14.1. The Balaban J connectivity index is 2.47. The molecule has 1 fully saturated rings. The van der Waals surface area contributed by atoms with E-state index in [-0.39, 0.29) is 52.1 Å². The van der Waals surface area contributed by atoms with Gasteiger partial charge in [-0.25, -0.2) is 4.98 Å². The quantitative estimate of drug-likeness (QED) is 0.0755. The molecule has 0 amide bonds. The molecule has 348 valence electrons. The summed E-state index contributed by atoms with van der Waals surface area (Å²) in [5.41, 5.74) is 0.912. The zero-order valence-corrected chi connectivity index (χ0v) is 46.7. The predicted octanol–water partition coefficient (Wildman–Crippen LogP) is 14.9. The summed E-state index contributed by atoms with van der Waals surface area (Å²) in [6.45, 7) is 53.0. The second kappa shape index (κ2) is 21.0. The number of aromatic nitrogens is 1. The third-order valence-corrected chi connectivity index (χ3v) is 29.4. The molecule has 7 nitrogen and oxygen atoms in total. The zero-order valence-electron chi connectivity index (χ0n) is 42.9. The highest BCUT2D eigenvalue weighted by atomic mass is 32.1. The fraction of sp³-hybridized carbons (Fsp3) is 0.837. The molecule has 1 aliphatic heterocycles. The molecule has 11 heteroatoms. The lowest BCUT2D eigenvalue weighted by atomic mass is 9.73. The molecule has 2 heterocycles. The van der Waals surface area contributed by atoms with Crippen LogP contribution in [-0.4, -0.2) is 71.5 Å². The fourth-order valence-corrected chi connectivity index (χ4v) is 14.8. The summed E-state index contributed by atoms with van der Waals surface area (Å²) in [6, 6.07) is 3.13. The van der Waals surface area contributed by atoms with Crippen molar-refractivity contribution in [2.75, 3.05) is 0 Å². The number of nitrogens with zero attached hydrogens (tertiary/aromatic N) is 1. The third-order valence-electron chi connectivity index (χ3n) is 15.0. The minimum absolute atomic E-state index is 0.00154. The van der Waals surface area contributed by atoms with Crippen LogP contribution < -0.4 is 0 Å². The van der Waals surface area contributed by atoms with Crippen LogP contribution in [-0.2, 0) is 27.5 Å². The van der Waals surface area contributed by atoms with Crippen molar-refractivity contribution in [3.05, 3.63) is 34.3 Å². The second-order valence-electron chi connectivity index (χ2n) is 22.7. The lowest BCUT2D eigenvalue weighted by molar-refractivity contribution is -0.162. The molecular weight excluding hydrogens is 815 g/mol. The van der Waals surface area contributed by atoms with Crippen molar-refractivity contribution in [3.8, 4) is 0 Å². The highest BCUT2D eigenvalue weighted by Gasteiger charge is 2.52. The summed E-state index contributed by atoms with van der Waals surface area (Å²) in [7, 11) is -6.39. The van der Waals surface area contributed by atoms with E-state index in [2.05, 4.69) is 148 Å². The molecule has 0 N–H and O–H groups in total. The van der Waals surface area contributed by atoms with Crippen LogP contribution in [0.3, 0.4) is 0 Å². The van der Waals surface area contributed by atoms with E-state index >= 15 is 0 Å². The first-order chi connectivity index (χ1) is 27.2. The Labute approximate surface area is 377 Å². The zero-order chi connectivity index (χ0) is 46.5. The minimum Gasteiger partial charge on any atom is -0.413 e. The Morgan fingerprint density at radius 3 is 1.93 bits per heavy atom. The summed E-state index contributed by atoms with van der Waals surface area (Å²) in [5, 5.41) is 3.23. The molecule has 0 bridgehead atoms. The molecule has 1 aliphatic rings. The Bertz CT molecular complexity index is 1560. The number of rotatable bonds is 24. The van der Waals surface area contributed by atoms with Crippen LogP contribution in [0.2, 0.25) is 54.4 Å². The molecule has 7 atom stereocenters. The predicted molar refractivity (Wildman–Crippen MR) is 266 cm³/mol. The van der Waals surface area contributed by atoms with Crippen molar-refractivity contribution in [1.82, 2.24) is 4.98 Å². The Kier molecular flexibility index (Phi) is 19.4. The molecule has 1 saturated heterocycles. The average Bonchev–Trinajstić information content (AvgIpc) is 3.63. The first-order valence-electron chi connectivity index (χ1n) is 23.3. The maximum absolute atomic E-state index is 15.0. The van der Waals surface area contributed by atoms with Gasteiger partial charge in [0.1, 0.15) is 5.78 Å². The van der Waals surface area contributed by atoms with E-state index in [0.29, 0.717) is 12.8 Å². The molecule has 1 aromatic heterocycles. The lowest BCUT2D eigenvalue weighted by Crippen LogP contribution is -2.53. The van der Waals surface area contributed by atoms with Gasteiger partial charge in [0.25, 0.3) is 0 Å². The van der Waals surface area contributed by atoms with Crippen molar-refractivity contribution in [2.45, 2.75) is 247 Å². The number of aryl methyl sites for hydroxylation is 1. The Morgan fingerprint density at radius 1 is 0.933 bits per heavy atom. The number of carbonyl (C=O) groups excluding carboxylic acids is 1. The van der Waals surface area contributed by atoms with Crippen molar-refractivity contribution >= 4 is 48.1 Å². The molecule has 0 aromatic carbocycles. The van der Waals surface area contributed by atoms with Gasteiger partial charge < -0.3 is 22.8 Å². The summed E-state index contributed by atoms with van der Waals surface area (Å²) in [6.07, 6.45) is 7.35. The molecule has 60 heavy (non-hydrogen) atoms. The van der Waals surface area contributed by atoms with Gasteiger partial charge in [-0.3, -0.25) is 4.79 Å². The molecular formula is C49H93NO6SSi3. The molecule has 0 spiro atoms. The number of thiazole rings is 1. The summed E-state index contributed by atoms with van der Waals surface area (Å²) < 4.78 is 35.3. The van der Waals surface area contributed by atoms with E-state index in [1.807, 2.05) is 26.8 Å². The molecule has 1 aromatic rings. The van der Waals surface area contributed by atoms with Crippen LogP contribution in [0.25, 0.3) is 6.08 Å². The number of ketones is 1. The normalized spacial score (nSPS) is 22.4. The van der Waals surface area contributed by atoms with Gasteiger partial charge in [-0.2, -0.15) is 0 Å². The summed E-state index contributed by atoms with van der Waals surface area (Å²) >= 11 is 1.67. The van der Waals surface area contributed by atoms with E-state index in [1.54, 1.807) is 11.3 Å². The van der Waals surface area contributed by atoms with Crippen LogP contribution in [0.5, 0.6) is 0 Å². The van der Waals surface area contributed by atoms with Crippen molar-refractivity contribution in [2.24, 2.45) is 17.3 Å². The number of hydrogen-bond donors (Lipinski definition) is 0. The standard InChI is InChI=1S/C49H93NO6SSi3/c1-24-29-41(54-60(25-2,26-3)27-4)47(15,16)44(51)37(7)43(55-59(22,23)46(12,13)14)35(5)30-28-31-49(19)42(52-48(17,18)56-49)33-40(53-58(20,21)45(9,10)11)36(6)32-39-34-57-38(8)50-39/h24,32,34-35,37,40-43H,1,25-31,33H2,2-23H3/b36-32+/t35-,37+,40-,41-,42+,43-,49+/m0/s1. The number of Topliss-reactive ketones (excluding diaryl/α,β-unsaturated/α-hetero) is 1. The Morgan fingerprint density at radius 2 is 1.47 bits per heavy atom. The average molecular weight is 909 g/mol. The monoisotopic (exact) mass is 908 g/mol. The maximum Gasteiger partial charge on any atom is 0.192 e. The van der Waals surface area contributed by atoms with Gasteiger partial charge in [0.15, 0.2) is 30.7 Å². The van der Waals surface area contributed by atoms with Crippen LogP contribution in [0.1, 0.15) is 161 Å². The van der Waals surface area contributed by atoms with E-state index in [1.165, 1.54) is 0 Å². The molecule has 2 rings (SSSR count). The summed E-state index contributed by atoms with van der Waals surface area (Å²) in [5.74, 6) is -0.670. The summed E-state index contributed by atoms with van der Waals surface area (Å²) in [4.78, 5) is 19.7. The maximum atomic E-state index is 15.0. The Hall–Kier alpha value is -0.769. The van der Waals surface area contributed by atoms with Crippen LogP contribution >= 0.6 is 11.3 Å². The van der Waals surface area contributed by atoms with Gasteiger partial charge in [-0.15, -0.1) is 17.9 Å². The molecule has 0 aliphatic carbocycles. The van der Waals surface area contributed by atoms with Crippen LogP contribution in [0.15, 0.2) is 23.6 Å². The second-order valence-corrected chi connectivity index (χ2v) is 38.0. The van der Waals surface area contributed by atoms with Gasteiger partial charge in [0.05, 0.1) is 40.7 Å². The van der Waals surface area contributed by atoms with Crippen molar-refractivity contribution in [1.29, 1.82) is 0 Å². The highest BCUT2D eigenvalue weighted by molar-refractivity contribution is 7.09. The molecule has 0 saturated carbocycles. The van der Waals surface area contributed by atoms with E-state index in [9.17, 15) is 4.79 Å². The van der Waals surface area contributed by atoms with Gasteiger partial charge in [-0.05, 0) is 126 Å². The van der Waals surface area contributed by atoms with Gasteiger partial charge in [-0.1, -0.05) is 103 Å². The van der Waals surface area contributed by atoms with Crippen LogP contribution in [0.4, 0.5) is 0 Å². The number of ether oxygens (including phenoxy) is 2. The topological polar surface area (TPSA) is 76.1 Å². The minimum atomic E-state index is -2.25. The van der Waals surface area contributed by atoms with Gasteiger partial charge in [0, 0.05) is 23.1 Å². The van der Waals surface area contributed by atoms with E-state index in [4.69, 9.17) is 27.7 Å². The highest BCUT2D eigenvalue weighted by Crippen LogP contribution is 2.46. The number of carbonyl (C=O) groups is 1. The largest absolute Gasteiger partial charge is 0.413 e. The molecule has 0 radical (unpaired) electrons. The first kappa shape index (κ1) is 55.4. The van der Waals surface area contributed by atoms with Crippen molar-refractivity contribution < 1.29 is 27.5 Å². The smallest absolute Gasteiger partial charge is 0.192 e.